The number of nitrogens with zero attached hydrogens (tertiary/aromatic N) is 2. The third-order valence-electron chi connectivity index (χ3n) is 5.24. The lowest BCUT2D eigenvalue weighted by atomic mass is 9.82. The highest BCUT2D eigenvalue weighted by atomic mass is 19.3. The average molecular weight is 256 g/mol. The fourth-order valence-corrected chi connectivity index (χ4v) is 4.31. The molecule has 0 aromatic rings. The van der Waals surface area contributed by atoms with Crippen LogP contribution in [0.5, 0.6) is 0 Å². The van der Waals surface area contributed by atoms with Crippen molar-refractivity contribution in [2.75, 3.05) is 6.54 Å². The number of hydrogen-bond acceptors (Lipinski definition) is 2. The van der Waals surface area contributed by atoms with Gasteiger partial charge in [0.1, 0.15) is 6.04 Å². The van der Waals surface area contributed by atoms with Gasteiger partial charge in [-0.2, -0.15) is 5.26 Å². The predicted octanol–water partition coefficient (Wildman–Crippen LogP) is 3.29. The second kappa shape index (κ2) is 3.25. The van der Waals surface area contributed by atoms with Gasteiger partial charge in [0.15, 0.2) is 0 Å². The molecule has 0 aromatic heterocycles. The second-order valence-corrected chi connectivity index (χ2v) is 7.39. The third-order valence-corrected chi connectivity index (χ3v) is 5.24. The molecule has 1 saturated heterocycles. The van der Waals surface area contributed by atoms with E-state index in [0.29, 0.717) is 6.54 Å². The normalized spacial score (nSPS) is 39.3. The summed E-state index contributed by atoms with van der Waals surface area (Å²) in [6.07, 6.45) is 0. The van der Waals surface area contributed by atoms with Crippen LogP contribution in [-0.2, 0) is 0 Å². The highest BCUT2D eigenvalue weighted by Crippen LogP contribution is 2.80. The van der Waals surface area contributed by atoms with Crippen LogP contribution in [0.2, 0.25) is 0 Å². The molecule has 102 valence electrons. The van der Waals surface area contributed by atoms with E-state index in [1.165, 1.54) is 0 Å². The first-order valence-corrected chi connectivity index (χ1v) is 6.46. The number of likely N-dealkylation sites (tertiary alicyclic amines) is 1. The van der Waals surface area contributed by atoms with E-state index in [-0.39, 0.29) is 11.5 Å². The van der Waals surface area contributed by atoms with Gasteiger partial charge in [0.05, 0.1) is 11.5 Å². The van der Waals surface area contributed by atoms with Crippen LogP contribution in [0.4, 0.5) is 8.78 Å². The molecule has 3 unspecified atom stereocenters. The molecule has 0 aromatic carbocycles. The summed E-state index contributed by atoms with van der Waals surface area (Å²) in [6, 6.07) is 1.46. The van der Waals surface area contributed by atoms with Gasteiger partial charge in [-0.05, 0) is 32.1 Å². The summed E-state index contributed by atoms with van der Waals surface area (Å²) >= 11 is 0. The fourth-order valence-electron chi connectivity index (χ4n) is 4.31. The van der Waals surface area contributed by atoms with Crippen molar-refractivity contribution in [2.24, 2.45) is 16.7 Å². The van der Waals surface area contributed by atoms with Crippen LogP contribution in [0.25, 0.3) is 0 Å². The topological polar surface area (TPSA) is 27.0 Å². The summed E-state index contributed by atoms with van der Waals surface area (Å²) < 4.78 is 28.3. The first-order chi connectivity index (χ1) is 7.92. The van der Waals surface area contributed by atoms with Gasteiger partial charge in [-0.25, -0.2) is 8.78 Å². The van der Waals surface area contributed by atoms with E-state index < -0.39 is 22.8 Å². The molecule has 1 saturated carbocycles. The Balaban J connectivity index is 2.48. The maximum Gasteiger partial charge on any atom is 0.254 e. The summed E-state index contributed by atoms with van der Waals surface area (Å²) in [7, 11) is 0. The van der Waals surface area contributed by atoms with Gasteiger partial charge in [-0.15, -0.1) is 0 Å². The highest BCUT2D eigenvalue weighted by molar-refractivity contribution is 5.35. The summed E-state index contributed by atoms with van der Waals surface area (Å²) in [5, 5.41) is 9.43. The SMILES string of the molecule is CC(C)(C)N1CC2C(C)(C)C2(C(C)(F)F)C1C#N. The lowest BCUT2D eigenvalue weighted by Gasteiger charge is -2.41. The minimum atomic E-state index is -2.82. The van der Waals surface area contributed by atoms with E-state index in [1.807, 2.05) is 39.5 Å². The molecule has 0 radical (unpaired) electrons. The van der Waals surface area contributed by atoms with Crippen LogP contribution in [-0.4, -0.2) is 28.9 Å². The standard InChI is InChI=1S/C14H22F2N2/c1-11(2,3)18-8-9-12(4,5)14(9,10(18)7-17)13(6,15)16/h9-10H,8H2,1-6H3. The monoisotopic (exact) mass is 256 g/mol. The zero-order chi connectivity index (χ0) is 14.1. The van der Waals surface area contributed by atoms with Crippen LogP contribution in [0.15, 0.2) is 0 Å². The number of piperidine rings is 1. The van der Waals surface area contributed by atoms with Gasteiger partial charge in [-0.1, -0.05) is 13.8 Å². The first kappa shape index (κ1) is 13.7. The van der Waals surface area contributed by atoms with Crippen molar-refractivity contribution >= 4 is 0 Å². The molecule has 18 heavy (non-hydrogen) atoms. The summed E-state index contributed by atoms with van der Waals surface area (Å²) in [4.78, 5) is 1.94. The number of hydrogen-bond donors (Lipinski definition) is 0. The smallest absolute Gasteiger partial charge is 0.254 e. The van der Waals surface area contributed by atoms with Crippen LogP contribution in [0, 0.1) is 28.1 Å². The molecule has 1 aliphatic heterocycles. The lowest BCUT2D eigenvalue weighted by Crippen LogP contribution is -2.53. The van der Waals surface area contributed by atoms with Crippen molar-refractivity contribution in [3.05, 3.63) is 0 Å². The molecular weight excluding hydrogens is 234 g/mol. The average Bonchev–Trinajstić information content (AvgIpc) is 2.55. The van der Waals surface area contributed by atoms with Gasteiger partial charge in [0.25, 0.3) is 5.92 Å². The Morgan fingerprint density at radius 2 is 1.72 bits per heavy atom. The van der Waals surface area contributed by atoms with E-state index >= 15 is 0 Å². The minimum Gasteiger partial charge on any atom is -0.282 e. The van der Waals surface area contributed by atoms with E-state index in [0.717, 1.165) is 6.92 Å². The molecule has 2 fully saturated rings. The van der Waals surface area contributed by atoms with Crippen LogP contribution in [0.3, 0.4) is 0 Å². The number of alkyl halides is 2. The second-order valence-electron chi connectivity index (χ2n) is 7.39. The molecule has 2 rings (SSSR count). The van der Waals surface area contributed by atoms with Crippen molar-refractivity contribution in [2.45, 2.75) is 59.0 Å². The van der Waals surface area contributed by atoms with E-state index in [4.69, 9.17) is 0 Å². The van der Waals surface area contributed by atoms with Crippen LogP contribution < -0.4 is 0 Å². The molecule has 3 atom stereocenters. The molecule has 1 aliphatic carbocycles. The molecule has 1 heterocycles. The van der Waals surface area contributed by atoms with Gasteiger partial charge in [-0.3, -0.25) is 4.90 Å². The molecule has 4 heteroatoms. The predicted molar refractivity (Wildman–Crippen MR) is 66.2 cm³/mol. The Morgan fingerprint density at radius 1 is 1.22 bits per heavy atom. The van der Waals surface area contributed by atoms with Gasteiger partial charge in [0, 0.05) is 19.0 Å². The van der Waals surface area contributed by atoms with Crippen molar-refractivity contribution in [3.63, 3.8) is 0 Å². The Bertz CT molecular complexity index is 399. The van der Waals surface area contributed by atoms with Gasteiger partial charge >= 0.3 is 0 Å². The van der Waals surface area contributed by atoms with Crippen LogP contribution >= 0.6 is 0 Å². The molecule has 0 spiro atoms. The Labute approximate surface area is 108 Å². The lowest BCUT2D eigenvalue weighted by molar-refractivity contribution is -0.0932. The van der Waals surface area contributed by atoms with E-state index in [1.54, 1.807) is 0 Å². The Hall–Kier alpha value is -0.690. The molecule has 0 N–H and O–H groups in total. The van der Waals surface area contributed by atoms with Crippen molar-refractivity contribution in [1.82, 2.24) is 4.90 Å². The molecule has 2 aliphatic rings. The zero-order valence-corrected chi connectivity index (χ0v) is 12.0. The summed E-state index contributed by atoms with van der Waals surface area (Å²) in [5.41, 5.74) is -1.88. The Morgan fingerprint density at radius 3 is 2.06 bits per heavy atom. The zero-order valence-electron chi connectivity index (χ0n) is 12.0. The van der Waals surface area contributed by atoms with Crippen molar-refractivity contribution in [3.8, 4) is 6.07 Å². The van der Waals surface area contributed by atoms with E-state index in [2.05, 4.69) is 6.07 Å². The number of halogens is 2. The van der Waals surface area contributed by atoms with Crippen molar-refractivity contribution < 1.29 is 8.78 Å². The first-order valence-electron chi connectivity index (χ1n) is 6.46. The molecule has 0 amide bonds. The van der Waals surface area contributed by atoms with E-state index in [9.17, 15) is 14.0 Å². The minimum absolute atomic E-state index is 0.0890. The molecular formula is C14H22F2N2. The summed E-state index contributed by atoms with van der Waals surface area (Å²) in [6.45, 7) is 11.3. The van der Waals surface area contributed by atoms with Gasteiger partial charge < -0.3 is 0 Å². The number of nitriles is 1. The quantitative estimate of drug-likeness (QED) is 0.720. The maximum absolute atomic E-state index is 14.2. The molecule has 2 nitrogen and oxygen atoms in total. The third kappa shape index (κ3) is 1.29. The summed E-state index contributed by atoms with van der Waals surface area (Å²) in [5.74, 6) is -2.91. The largest absolute Gasteiger partial charge is 0.282 e. The van der Waals surface area contributed by atoms with Crippen molar-refractivity contribution in [1.29, 1.82) is 5.26 Å². The van der Waals surface area contributed by atoms with Gasteiger partial charge in [0.2, 0.25) is 0 Å². The van der Waals surface area contributed by atoms with Crippen LogP contribution in [0.1, 0.15) is 41.5 Å². The fraction of sp³-hybridized carbons (Fsp3) is 0.929. The number of fused-ring (bicyclic) bond motifs is 1. The molecule has 0 bridgehead atoms. The number of rotatable bonds is 1. The Kier molecular flexibility index (Phi) is 2.48. The highest BCUT2D eigenvalue weighted by Gasteiger charge is 2.87. The maximum atomic E-state index is 14.2.